The van der Waals surface area contributed by atoms with E-state index in [0.29, 0.717) is 18.4 Å². The quantitative estimate of drug-likeness (QED) is 0.720. The van der Waals surface area contributed by atoms with Crippen molar-refractivity contribution in [3.05, 3.63) is 0 Å². The maximum Gasteiger partial charge on any atom is 0.407 e. The molecular weight excluding hydrogens is 182 g/mol. The van der Waals surface area contributed by atoms with E-state index in [4.69, 9.17) is 9.84 Å². The van der Waals surface area contributed by atoms with Gasteiger partial charge in [-0.1, -0.05) is 0 Å². The second-order valence-corrected chi connectivity index (χ2v) is 4.82. The molecule has 1 aliphatic rings. The molecule has 0 heterocycles. The summed E-state index contributed by atoms with van der Waals surface area (Å²) in [6.07, 6.45) is 0.632. The van der Waals surface area contributed by atoms with Crippen LogP contribution in [0.3, 0.4) is 0 Å². The Morgan fingerprint density at radius 1 is 1.50 bits per heavy atom. The lowest BCUT2D eigenvalue weighted by molar-refractivity contribution is 0.0524. The molecule has 1 saturated carbocycles. The summed E-state index contributed by atoms with van der Waals surface area (Å²) in [5.41, 5.74) is -0.440. The first-order valence-electron chi connectivity index (χ1n) is 5.00. The number of amides is 1. The molecule has 0 spiro atoms. The number of hydrogen-bond donors (Lipinski definition) is 2. The van der Waals surface area contributed by atoms with Crippen LogP contribution in [0.25, 0.3) is 0 Å². The highest BCUT2D eigenvalue weighted by molar-refractivity contribution is 5.67. The Labute approximate surface area is 84.6 Å². The predicted octanol–water partition coefficient (Wildman–Crippen LogP) is 1.14. The Balaban J connectivity index is 2.10. The lowest BCUT2D eigenvalue weighted by Gasteiger charge is -2.19. The molecule has 1 fully saturated rings. The van der Waals surface area contributed by atoms with E-state index in [0.717, 1.165) is 6.42 Å². The van der Waals surface area contributed by atoms with Gasteiger partial charge in [0.2, 0.25) is 0 Å². The van der Waals surface area contributed by atoms with Crippen molar-refractivity contribution >= 4 is 6.09 Å². The monoisotopic (exact) mass is 201 g/mol. The van der Waals surface area contributed by atoms with Gasteiger partial charge in [-0.05, 0) is 39.0 Å². The number of hydrogen-bond acceptors (Lipinski definition) is 3. The van der Waals surface area contributed by atoms with Crippen molar-refractivity contribution < 1.29 is 14.6 Å². The molecule has 2 N–H and O–H groups in total. The molecule has 0 radical (unpaired) electrons. The number of aliphatic hydroxyl groups is 1. The summed E-state index contributed by atoms with van der Waals surface area (Å²) in [4.78, 5) is 11.2. The largest absolute Gasteiger partial charge is 0.444 e. The molecule has 1 aliphatic carbocycles. The molecule has 4 nitrogen and oxygen atoms in total. The minimum Gasteiger partial charge on any atom is -0.444 e. The third-order valence-electron chi connectivity index (χ3n) is 2.21. The standard InChI is InChI=1S/C10H19NO3/c1-10(2,3)14-9(13)11-5-7-4-8(7)6-12/h7-8,12H,4-6H2,1-3H3,(H,11,13)/t7-,8-/m0/s1. The van der Waals surface area contributed by atoms with E-state index in [9.17, 15) is 4.79 Å². The summed E-state index contributed by atoms with van der Waals surface area (Å²) in [6.45, 7) is 6.33. The van der Waals surface area contributed by atoms with Gasteiger partial charge >= 0.3 is 6.09 Å². The topological polar surface area (TPSA) is 58.6 Å². The highest BCUT2D eigenvalue weighted by atomic mass is 16.6. The van der Waals surface area contributed by atoms with Crippen LogP contribution < -0.4 is 5.32 Å². The molecule has 82 valence electrons. The first-order chi connectivity index (χ1) is 6.42. The van der Waals surface area contributed by atoms with Crippen molar-refractivity contribution in [2.75, 3.05) is 13.2 Å². The lowest BCUT2D eigenvalue weighted by Crippen LogP contribution is -2.33. The highest BCUT2D eigenvalue weighted by Gasteiger charge is 2.36. The van der Waals surface area contributed by atoms with Gasteiger partial charge in [0, 0.05) is 13.2 Å². The summed E-state index contributed by atoms with van der Waals surface area (Å²) >= 11 is 0. The molecule has 0 unspecified atom stereocenters. The Hall–Kier alpha value is -0.770. The van der Waals surface area contributed by atoms with Crippen LogP contribution in [0.15, 0.2) is 0 Å². The van der Waals surface area contributed by atoms with Crippen molar-refractivity contribution in [2.45, 2.75) is 32.8 Å². The minimum absolute atomic E-state index is 0.223. The average molecular weight is 201 g/mol. The Kier molecular flexibility index (Phi) is 3.37. The average Bonchev–Trinajstić information content (AvgIpc) is 2.76. The molecule has 0 aromatic carbocycles. The van der Waals surface area contributed by atoms with Gasteiger partial charge in [0.05, 0.1) is 0 Å². The van der Waals surface area contributed by atoms with Crippen molar-refractivity contribution in [1.29, 1.82) is 0 Å². The normalized spacial score (nSPS) is 25.7. The van der Waals surface area contributed by atoms with Crippen molar-refractivity contribution in [3.8, 4) is 0 Å². The number of carbonyl (C=O) groups is 1. The van der Waals surface area contributed by atoms with Gasteiger partial charge in [-0.15, -0.1) is 0 Å². The summed E-state index contributed by atoms with van der Waals surface area (Å²) in [5.74, 6) is 0.817. The second-order valence-electron chi connectivity index (χ2n) is 4.82. The zero-order chi connectivity index (χ0) is 10.8. The highest BCUT2D eigenvalue weighted by Crippen LogP contribution is 2.36. The summed E-state index contributed by atoms with van der Waals surface area (Å²) in [5, 5.41) is 11.5. The minimum atomic E-state index is -0.440. The van der Waals surface area contributed by atoms with Gasteiger partial charge in [-0.3, -0.25) is 0 Å². The number of carbonyl (C=O) groups excluding carboxylic acids is 1. The third kappa shape index (κ3) is 3.96. The Morgan fingerprint density at radius 3 is 2.57 bits per heavy atom. The molecule has 0 aliphatic heterocycles. The smallest absolute Gasteiger partial charge is 0.407 e. The summed E-state index contributed by atoms with van der Waals surface area (Å²) < 4.78 is 5.07. The molecule has 0 aromatic rings. The maximum absolute atomic E-state index is 11.2. The summed E-state index contributed by atoms with van der Waals surface area (Å²) in [6, 6.07) is 0. The van der Waals surface area contributed by atoms with E-state index in [1.54, 1.807) is 0 Å². The van der Waals surface area contributed by atoms with Crippen LogP contribution in [0.2, 0.25) is 0 Å². The van der Waals surface area contributed by atoms with Gasteiger partial charge in [0.15, 0.2) is 0 Å². The van der Waals surface area contributed by atoms with Crippen molar-refractivity contribution in [2.24, 2.45) is 11.8 Å². The fourth-order valence-electron chi connectivity index (χ4n) is 1.31. The van der Waals surface area contributed by atoms with E-state index in [1.165, 1.54) is 0 Å². The van der Waals surface area contributed by atoms with E-state index < -0.39 is 5.60 Å². The number of alkyl carbamates (subject to hydrolysis) is 1. The SMILES string of the molecule is CC(C)(C)OC(=O)NC[C@@H]1C[C@H]1CO. The molecule has 1 amide bonds. The van der Waals surface area contributed by atoms with Crippen LogP contribution in [0.4, 0.5) is 4.79 Å². The molecule has 0 aromatic heterocycles. The molecule has 1 rings (SSSR count). The van der Waals surface area contributed by atoms with E-state index in [2.05, 4.69) is 5.32 Å². The molecule has 2 atom stereocenters. The van der Waals surface area contributed by atoms with Gasteiger partial charge in [-0.2, -0.15) is 0 Å². The molecule has 4 heteroatoms. The van der Waals surface area contributed by atoms with Gasteiger partial charge in [0.25, 0.3) is 0 Å². The fraction of sp³-hybridized carbons (Fsp3) is 0.900. The van der Waals surface area contributed by atoms with Crippen LogP contribution in [-0.4, -0.2) is 30.0 Å². The zero-order valence-corrected chi connectivity index (χ0v) is 9.04. The van der Waals surface area contributed by atoms with Crippen LogP contribution >= 0.6 is 0 Å². The predicted molar refractivity (Wildman–Crippen MR) is 52.9 cm³/mol. The number of ether oxygens (including phenoxy) is 1. The van der Waals surface area contributed by atoms with E-state index >= 15 is 0 Å². The first kappa shape index (κ1) is 11.3. The first-order valence-corrected chi connectivity index (χ1v) is 5.00. The van der Waals surface area contributed by atoms with E-state index in [-0.39, 0.29) is 12.7 Å². The molecular formula is C10H19NO3. The molecule has 14 heavy (non-hydrogen) atoms. The van der Waals surface area contributed by atoms with Gasteiger partial charge < -0.3 is 15.2 Å². The van der Waals surface area contributed by atoms with Crippen LogP contribution in [-0.2, 0) is 4.74 Å². The van der Waals surface area contributed by atoms with Crippen LogP contribution in [0.1, 0.15) is 27.2 Å². The van der Waals surface area contributed by atoms with Crippen LogP contribution in [0.5, 0.6) is 0 Å². The number of aliphatic hydroxyl groups excluding tert-OH is 1. The zero-order valence-electron chi connectivity index (χ0n) is 9.04. The van der Waals surface area contributed by atoms with Gasteiger partial charge in [-0.25, -0.2) is 4.79 Å². The summed E-state index contributed by atoms with van der Waals surface area (Å²) in [7, 11) is 0. The fourth-order valence-corrected chi connectivity index (χ4v) is 1.31. The maximum atomic E-state index is 11.2. The second kappa shape index (κ2) is 4.17. The molecule has 0 bridgehead atoms. The number of rotatable bonds is 3. The lowest BCUT2D eigenvalue weighted by atomic mass is 10.2. The molecule has 0 saturated heterocycles. The number of nitrogens with one attached hydrogen (secondary N) is 1. The van der Waals surface area contributed by atoms with E-state index in [1.807, 2.05) is 20.8 Å². The Morgan fingerprint density at radius 2 is 2.14 bits per heavy atom. The Bertz CT molecular complexity index is 210. The van der Waals surface area contributed by atoms with Crippen molar-refractivity contribution in [3.63, 3.8) is 0 Å². The van der Waals surface area contributed by atoms with Crippen LogP contribution in [0, 0.1) is 11.8 Å². The third-order valence-corrected chi connectivity index (χ3v) is 2.21. The van der Waals surface area contributed by atoms with Crippen molar-refractivity contribution in [1.82, 2.24) is 5.32 Å². The van der Waals surface area contributed by atoms with Gasteiger partial charge in [0.1, 0.15) is 5.60 Å².